The minimum Gasteiger partial charge on any atom is -0.456 e. The van der Waals surface area contributed by atoms with Crippen molar-refractivity contribution in [3.05, 3.63) is 78.9 Å². The summed E-state index contributed by atoms with van der Waals surface area (Å²) in [5, 5.41) is 4.72. The topological polar surface area (TPSA) is 13.1 Å². The van der Waals surface area contributed by atoms with Gasteiger partial charge in [0.25, 0.3) is 0 Å². The Morgan fingerprint density at radius 1 is 0.667 bits per heavy atom. The highest BCUT2D eigenvalue weighted by atomic mass is 16.3. The van der Waals surface area contributed by atoms with E-state index in [1.54, 1.807) is 0 Å². The summed E-state index contributed by atoms with van der Waals surface area (Å²) in [6.45, 7) is 0. The standard InChI is InChI=1S/C22H13BO/c23-17-10-8-14(9-11-17)18-6-3-7-20-22(18)19-12-15-4-1-2-5-16(15)13-21(19)24-20/h1-13H. The maximum Gasteiger partial charge on any atom is 0.136 e. The molecule has 0 spiro atoms. The van der Waals surface area contributed by atoms with Crippen LogP contribution in [0, 0.1) is 0 Å². The summed E-state index contributed by atoms with van der Waals surface area (Å²) >= 11 is 0. The highest BCUT2D eigenvalue weighted by Gasteiger charge is 2.13. The Morgan fingerprint density at radius 3 is 2.21 bits per heavy atom. The van der Waals surface area contributed by atoms with E-state index in [0.717, 1.165) is 33.0 Å². The molecule has 0 bridgehead atoms. The van der Waals surface area contributed by atoms with Crippen LogP contribution in [-0.4, -0.2) is 7.85 Å². The monoisotopic (exact) mass is 304 g/mol. The molecule has 0 aliphatic heterocycles. The van der Waals surface area contributed by atoms with E-state index in [1.807, 2.05) is 24.3 Å². The van der Waals surface area contributed by atoms with Crippen LogP contribution in [0.4, 0.5) is 0 Å². The predicted molar refractivity (Wildman–Crippen MR) is 102 cm³/mol. The van der Waals surface area contributed by atoms with Crippen LogP contribution >= 0.6 is 0 Å². The predicted octanol–water partition coefficient (Wildman–Crippen LogP) is 5.20. The molecule has 5 aromatic rings. The first-order chi connectivity index (χ1) is 11.8. The summed E-state index contributed by atoms with van der Waals surface area (Å²) in [5.41, 5.74) is 4.92. The van der Waals surface area contributed by atoms with Crippen molar-refractivity contribution in [3.63, 3.8) is 0 Å². The number of rotatable bonds is 1. The van der Waals surface area contributed by atoms with Gasteiger partial charge in [0.2, 0.25) is 0 Å². The van der Waals surface area contributed by atoms with Crippen molar-refractivity contribution >= 4 is 46.0 Å². The third-order valence-corrected chi connectivity index (χ3v) is 4.59. The number of benzene rings is 4. The van der Waals surface area contributed by atoms with Gasteiger partial charge < -0.3 is 4.42 Å². The summed E-state index contributed by atoms with van der Waals surface area (Å²) in [7, 11) is 5.83. The van der Waals surface area contributed by atoms with Crippen molar-refractivity contribution < 1.29 is 4.42 Å². The van der Waals surface area contributed by atoms with Crippen LogP contribution in [0.5, 0.6) is 0 Å². The summed E-state index contributed by atoms with van der Waals surface area (Å²) in [4.78, 5) is 0. The van der Waals surface area contributed by atoms with Crippen LogP contribution in [0.1, 0.15) is 0 Å². The largest absolute Gasteiger partial charge is 0.456 e. The first-order valence-corrected chi connectivity index (χ1v) is 7.99. The van der Waals surface area contributed by atoms with Gasteiger partial charge in [-0.25, -0.2) is 0 Å². The average molecular weight is 304 g/mol. The van der Waals surface area contributed by atoms with Gasteiger partial charge in [0.1, 0.15) is 19.0 Å². The second-order valence-electron chi connectivity index (χ2n) is 6.10. The highest BCUT2D eigenvalue weighted by Crippen LogP contribution is 2.38. The summed E-state index contributed by atoms with van der Waals surface area (Å²) in [6, 6.07) is 26.9. The molecule has 0 N–H and O–H groups in total. The van der Waals surface area contributed by atoms with Gasteiger partial charge in [0.15, 0.2) is 0 Å². The molecule has 0 unspecified atom stereocenters. The summed E-state index contributed by atoms with van der Waals surface area (Å²) in [6.07, 6.45) is 0. The van der Waals surface area contributed by atoms with Crippen LogP contribution < -0.4 is 5.46 Å². The van der Waals surface area contributed by atoms with Gasteiger partial charge in [-0.3, -0.25) is 0 Å². The smallest absolute Gasteiger partial charge is 0.136 e. The second-order valence-corrected chi connectivity index (χ2v) is 6.10. The van der Waals surface area contributed by atoms with Crippen molar-refractivity contribution in [1.82, 2.24) is 0 Å². The first kappa shape index (κ1) is 13.4. The van der Waals surface area contributed by atoms with E-state index in [2.05, 4.69) is 54.6 Å². The molecule has 0 saturated heterocycles. The Hall–Kier alpha value is -3.00. The van der Waals surface area contributed by atoms with Crippen LogP contribution in [0.25, 0.3) is 43.8 Å². The van der Waals surface area contributed by atoms with Gasteiger partial charge in [-0.15, -0.1) is 0 Å². The minimum absolute atomic E-state index is 0.772. The van der Waals surface area contributed by atoms with Gasteiger partial charge >= 0.3 is 0 Å². The van der Waals surface area contributed by atoms with Gasteiger partial charge in [-0.1, -0.05) is 66.1 Å². The molecule has 1 nitrogen and oxygen atoms in total. The van der Waals surface area contributed by atoms with Crippen molar-refractivity contribution in [2.75, 3.05) is 0 Å². The van der Waals surface area contributed by atoms with Gasteiger partial charge in [0.05, 0.1) is 0 Å². The van der Waals surface area contributed by atoms with Crippen LogP contribution in [0.15, 0.2) is 83.3 Å². The van der Waals surface area contributed by atoms with E-state index in [0.29, 0.717) is 0 Å². The lowest BCUT2D eigenvalue weighted by Gasteiger charge is -2.05. The maximum absolute atomic E-state index is 6.12. The Balaban J connectivity index is 1.91. The molecule has 24 heavy (non-hydrogen) atoms. The van der Waals surface area contributed by atoms with Crippen molar-refractivity contribution in [2.24, 2.45) is 0 Å². The van der Waals surface area contributed by atoms with Crippen LogP contribution in [0.2, 0.25) is 0 Å². The summed E-state index contributed by atoms with van der Waals surface area (Å²) in [5.74, 6) is 0. The van der Waals surface area contributed by atoms with Crippen LogP contribution in [0.3, 0.4) is 0 Å². The zero-order chi connectivity index (χ0) is 16.1. The number of fused-ring (bicyclic) bond motifs is 4. The Morgan fingerprint density at radius 2 is 1.42 bits per heavy atom. The zero-order valence-corrected chi connectivity index (χ0v) is 13.0. The molecular weight excluding hydrogens is 291 g/mol. The molecule has 0 atom stereocenters. The highest BCUT2D eigenvalue weighted by molar-refractivity contribution is 6.32. The average Bonchev–Trinajstić information content (AvgIpc) is 2.98. The molecule has 0 aliphatic rings. The quantitative estimate of drug-likeness (QED) is 0.388. The Kier molecular flexibility index (Phi) is 2.80. The van der Waals surface area contributed by atoms with E-state index in [9.17, 15) is 0 Å². The molecule has 1 heterocycles. The van der Waals surface area contributed by atoms with E-state index < -0.39 is 0 Å². The molecule has 2 radical (unpaired) electrons. The third kappa shape index (κ3) is 1.96. The fourth-order valence-corrected chi connectivity index (χ4v) is 3.41. The molecule has 0 fully saturated rings. The van der Waals surface area contributed by atoms with Gasteiger partial charge in [0, 0.05) is 10.8 Å². The molecule has 4 aromatic carbocycles. The normalized spacial score (nSPS) is 11.5. The molecule has 5 rings (SSSR count). The van der Waals surface area contributed by atoms with Crippen molar-refractivity contribution in [2.45, 2.75) is 0 Å². The first-order valence-electron chi connectivity index (χ1n) is 7.99. The molecule has 1 aromatic heterocycles. The molecule has 110 valence electrons. The van der Waals surface area contributed by atoms with E-state index in [1.165, 1.54) is 16.3 Å². The van der Waals surface area contributed by atoms with Crippen molar-refractivity contribution in [1.29, 1.82) is 0 Å². The van der Waals surface area contributed by atoms with E-state index in [4.69, 9.17) is 12.3 Å². The molecule has 0 saturated carbocycles. The van der Waals surface area contributed by atoms with Gasteiger partial charge in [-0.05, 0) is 40.1 Å². The van der Waals surface area contributed by atoms with E-state index in [-0.39, 0.29) is 0 Å². The second kappa shape index (κ2) is 5.00. The lowest BCUT2D eigenvalue weighted by atomic mass is 9.92. The van der Waals surface area contributed by atoms with Gasteiger partial charge in [-0.2, -0.15) is 0 Å². The fraction of sp³-hybridized carbons (Fsp3) is 0. The minimum atomic E-state index is 0.772. The zero-order valence-electron chi connectivity index (χ0n) is 13.0. The van der Waals surface area contributed by atoms with Crippen LogP contribution in [-0.2, 0) is 0 Å². The maximum atomic E-state index is 6.12. The molecule has 0 aliphatic carbocycles. The van der Waals surface area contributed by atoms with E-state index >= 15 is 0 Å². The SMILES string of the molecule is [B]c1ccc(-c2cccc3oc4cc5ccccc5cc4c23)cc1. The Labute approximate surface area is 140 Å². The van der Waals surface area contributed by atoms with Crippen molar-refractivity contribution in [3.8, 4) is 11.1 Å². The number of hydrogen-bond donors (Lipinski definition) is 0. The fourth-order valence-electron chi connectivity index (χ4n) is 3.41. The summed E-state index contributed by atoms with van der Waals surface area (Å²) < 4.78 is 6.12. The third-order valence-electron chi connectivity index (χ3n) is 4.59. The Bertz CT molecular complexity index is 1200. The lowest BCUT2D eigenvalue weighted by Crippen LogP contribution is -1.99. The number of furan rings is 1. The number of hydrogen-bond acceptors (Lipinski definition) is 1. The lowest BCUT2D eigenvalue weighted by molar-refractivity contribution is 0.669. The molecular formula is C22H13BO. The molecule has 0 amide bonds. The molecule has 2 heteroatoms.